The third-order valence-corrected chi connectivity index (χ3v) is 2.18. The average molecular weight is 169 g/mol. The third kappa shape index (κ3) is 0.839. The summed E-state index contributed by atoms with van der Waals surface area (Å²) in [4.78, 5) is 8.35. The minimum absolute atomic E-state index is 0.986. The van der Waals surface area contributed by atoms with Crippen molar-refractivity contribution in [2.75, 3.05) is 0 Å². The number of pyridine rings is 2. The Morgan fingerprint density at radius 1 is 1.08 bits per heavy atom. The van der Waals surface area contributed by atoms with Crippen molar-refractivity contribution >= 4 is 16.4 Å². The van der Waals surface area contributed by atoms with Gasteiger partial charge in [-0.2, -0.15) is 0 Å². The standard InChI is InChI=1S/C10H7N3/c1-3-11-7-8-2-5-13-6-4-12-10(13)9(1)8/h1-7H. The van der Waals surface area contributed by atoms with Gasteiger partial charge in [0.1, 0.15) is 5.65 Å². The number of imidazole rings is 1. The van der Waals surface area contributed by atoms with Crippen LogP contribution in [0.15, 0.2) is 43.1 Å². The molecule has 0 saturated carbocycles. The lowest BCUT2D eigenvalue weighted by Crippen LogP contribution is -1.84. The quantitative estimate of drug-likeness (QED) is 0.514. The Balaban J connectivity index is 2.65. The summed E-state index contributed by atoms with van der Waals surface area (Å²) in [5, 5.41) is 2.27. The molecule has 0 aromatic carbocycles. The van der Waals surface area contributed by atoms with Crippen LogP contribution < -0.4 is 0 Å². The van der Waals surface area contributed by atoms with Crippen LogP contribution in [0.3, 0.4) is 0 Å². The van der Waals surface area contributed by atoms with Gasteiger partial charge in [-0.05, 0) is 12.1 Å². The second-order valence-corrected chi connectivity index (χ2v) is 2.94. The molecule has 3 heteroatoms. The van der Waals surface area contributed by atoms with Gasteiger partial charge in [-0.15, -0.1) is 0 Å². The van der Waals surface area contributed by atoms with Gasteiger partial charge >= 0.3 is 0 Å². The molecule has 3 rings (SSSR count). The normalized spacial score (nSPS) is 11.1. The van der Waals surface area contributed by atoms with Gasteiger partial charge in [-0.3, -0.25) is 4.98 Å². The van der Waals surface area contributed by atoms with Gasteiger partial charge < -0.3 is 4.40 Å². The molecule has 0 spiro atoms. The predicted octanol–water partition coefficient (Wildman–Crippen LogP) is 1.88. The first kappa shape index (κ1) is 6.60. The fraction of sp³-hybridized carbons (Fsp3) is 0. The van der Waals surface area contributed by atoms with E-state index in [2.05, 4.69) is 9.97 Å². The first-order valence-corrected chi connectivity index (χ1v) is 4.10. The molecule has 0 atom stereocenters. The number of nitrogens with zero attached hydrogens (tertiary/aromatic N) is 3. The van der Waals surface area contributed by atoms with Gasteiger partial charge in [-0.1, -0.05) is 0 Å². The summed E-state index contributed by atoms with van der Waals surface area (Å²) in [6.07, 6.45) is 9.37. The number of fused-ring (bicyclic) bond motifs is 3. The Morgan fingerprint density at radius 2 is 2.08 bits per heavy atom. The zero-order valence-electron chi connectivity index (χ0n) is 6.88. The number of rotatable bonds is 0. The summed E-state index contributed by atoms with van der Waals surface area (Å²) in [5.74, 6) is 0. The molecule has 0 unspecified atom stereocenters. The lowest BCUT2D eigenvalue weighted by Gasteiger charge is -1.98. The van der Waals surface area contributed by atoms with E-state index < -0.39 is 0 Å². The van der Waals surface area contributed by atoms with Crippen LogP contribution >= 0.6 is 0 Å². The first-order valence-electron chi connectivity index (χ1n) is 4.10. The van der Waals surface area contributed by atoms with E-state index >= 15 is 0 Å². The van der Waals surface area contributed by atoms with Crippen LogP contribution in [0.4, 0.5) is 0 Å². The van der Waals surface area contributed by atoms with E-state index in [1.165, 1.54) is 0 Å². The van der Waals surface area contributed by atoms with Crippen molar-refractivity contribution in [3.8, 4) is 0 Å². The molecule has 0 bridgehead atoms. The molecule has 3 aromatic rings. The second-order valence-electron chi connectivity index (χ2n) is 2.94. The van der Waals surface area contributed by atoms with Gasteiger partial charge in [0.25, 0.3) is 0 Å². The summed E-state index contributed by atoms with van der Waals surface area (Å²) in [6, 6.07) is 4.02. The maximum atomic E-state index is 4.28. The minimum atomic E-state index is 0.986. The molecular weight excluding hydrogens is 162 g/mol. The fourth-order valence-electron chi connectivity index (χ4n) is 1.55. The zero-order chi connectivity index (χ0) is 8.67. The second kappa shape index (κ2) is 2.29. The van der Waals surface area contributed by atoms with Gasteiger partial charge in [0.15, 0.2) is 0 Å². The molecule has 13 heavy (non-hydrogen) atoms. The van der Waals surface area contributed by atoms with Crippen LogP contribution in [0.1, 0.15) is 0 Å². The van der Waals surface area contributed by atoms with E-state index in [0.717, 1.165) is 16.4 Å². The van der Waals surface area contributed by atoms with Crippen molar-refractivity contribution in [2.45, 2.75) is 0 Å². The van der Waals surface area contributed by atoms with E-state index in [1.54, 1.807) is 12.4 Å². The molecule has 62 valence electrons. The van der Waals surface area contributed by atoms with Crippen LogP contribution in [-0.2, 0) is 0 Å². The molecule has 0 aliphatic rings. The van der Waals surface area contributed by atoms with Crippen LogP contribution in [0.25, 0.3) is 16.4 Å². The number of hydrogen-bond acceptors (Lipinski definition) is 2. The number of hydrogen-bond donors (Lipinski definition) is 0. The molecule has 0 radical (unpaired) electrons. The smallest absolute Gasteiger partial charge is 0.144 e. The molecular formula is C10H7N3. The molecule has 0 saturated heterocycles. The minimum Gasteiger partial charge on any atom is -0.307 e. The van der Waals surface area contributed by atoms with Crippen LogP contribution in [0, 0.1) is 0 Å². The van der Waals surface area contributed by atoms with E-state index in [9.17, 15) is 0 Å². The molecule has 3 aromatic heterocycles. The van der Waals surface area contributed by atoms with Crippen molar-refractivity contribution in [2.24, 2.45) is 0 Å². The number of aromatic nitrogens is 3. The Bertz CT molecular complexity index is 568. The van der Waals surface area contributed by atoms with Gasteiger partial charge in [0, 0.05) is 41.8 Å². The van der Waals surface area contributed by atoms with Crippen LogP contribution in [-0.4, -0.2) is 14.4 Å². The lowest BCUT2D eigenvalue weighted by atomic mass is 10.2. The van der Waals surface area contributed by atoms with Crippen molar-refractivity contribution in [3.63, 3.8) is 0 Å². The highest BCUT2D eigenvalue weighted by atomic mass is 15.0. The molecule has 3 heterocycles. The highest BCUT2D eigenvalue weighted by Crippen LogP contribution is 2.16. The van der Waals surface area contributed by atoms with Crippen molar-refractivity contribution in [3.05, 3.63) is 43.1 Å². The third-order valence-electron chi connectivity index (χ3n) is 2.18. The summed E-state index contributed by atoms with van der Waals surface area (Å²) in [5.41, 5.74) is 0.986. The van der Waals surface area contributed by atoms with E-state index in [1.807, 2.05) is 35.1 Å². The highest BCUT2D eigenvalue weighted by Gasteiger charge is 1.99. The van der Waals surface area contributed by atoms with Crippen LogP contribution in [0.2, 0.25) is 0 Å². The zero-order valence-corrected chi connectivity index (χ0v) is 6.88. The summed E-state index contributed by atoms with van der Waals surface area (Å²) < 4.78 is 2.00. The molecule has 0 N–H and O–H groups in total. The molecule has 3 nitrogen and oxygen atoms in total. The lowest BCUT2D eigenvalue weighted by molar-refractivity contribution is 1.20. The maximum absolute atomic E-state index is 4.28. The topological polar surface area (TPSA) is 30.2 Å². The average Bonchev–Trinajstić information content (AvgIpc) is 2.65. The van der Waals surface area contributed by atoms with Gasteiger partial charge in [0.05, 0.1) is 0 Å². The van der Waals surface area contributed by atoms with Crippen LogP contribution in [0.5, 0.6) is 0 Å². The predicted molar refractivity (Wildman–Crippen MR) is 50.5 cm³/mol. The summed E-state index contributed by atoms with van der Waals surface area (Å²) in [7, 11) is 0. The van der Waals surface area contributed by atoms with Crippen molar-refractivity contribution in [1.29, 1.82) is 0 Å². The first-order chi connectivity index (χ1) is 6.45. The summed E-state index contributed by atoms with van der Waals surface area (Å²) in [6.45, 7) is 0. The molecule has 0 fully saturated rings. The van der Waals surface area contributed by atoms with Gasteiger partial charge in [-0.25, -0.2) is 4.98 Å². The van der Waals surface area contributed by atoms with E-state index in [0.29, 0.717) is 0 Å². The summed E-state index contributed by atoms with van der Waals surface area (Å²) >= 11 is 0. The van der Waals surface area contributed by atoms with Gasteiger partial charge in [0.2, 0.25) is 0 Å². The monoisotopic (exact) mass is 169 g/mol. The maximum Gasteiger partial charge on any atom is 0.144 e. The fourth-order valence-corrected chi connectivity index (χ4v) is 1.55. The van der Waals surface area contributed by atoms with Crippen molar-refractivity contribution < 1.29 is 0 Å². The molecule has 0 aliphatic heterocycles. The Morgan fingerprint density at radius 3 is 3.08 bits per heavy atom. The van der Waals surface area contributed by atoms with E-state index in [4.69, 9.17) is 0 Å². The molecule has 0 aliphatic carbocycles. The highest BCUT2D eigenvalue weighted by molar-refractivity contribution is 5.92. The Labute approximate surface area is 74.7 Å². The SMILES string of the molecule is c1cc2c(ccn3ccnc23)cn1. The Hall–Kier alpha value is -1.90. The Kier molecular flexibility index (Phi) is 1.16. The largest absolute Gasteiger partial charge is 0.307 e. The van der Waals surface area contributed by atoms with E-state index in [-0.39, 0.29) is 0 Å². The van der Waals surface area contributed by atoms with Crippen molar-refractivity contribution in [1.82, 2.24) is 14.4 Å². The molecule has 0 amide bonds.